The number of rotatable bonds is 3. The summed E-state index contributed by atoms with van der Waals surface area (Å²) in [5, 5.41) is 12.0. The summed E-state index contributed by atoms with van der Waals surface area (Å²) in [6.45, 7) is 1.05. The lowest BCUT2D eigenvalue weighted by Gasteiger charge is -2.33. The Balaban J connectivity index is 2.20. The Morgan fingerprint density at radius 1 is 1.75 bits per heavy atom. The largest absolute Gasteiger partial charge is 0.481 e. The van der Waals surface area contributed by atoms with Gasteiger partial charge in [0, 0.05) is 24.6 Å². The molecule has 0 spiro atoms. The van der Waals surface area contributed by atoms with Crippen LogP contribution in [0.25, 0.3) is 0 Å². The van der Waals surface area contributed by atoms with Crippen molar-refractivity contribution in [3.05, 3.63) is 6.33 Å². The molecule has 0 radical (unpaired) electrons. The number of aromatic nitrogens is 2. The maximum absolute atomic E-state index is 11.6. The van der Waals surface area contributed by atoms with Crippen molar-refractivity contribution in [2.24, 2.45) is 0 Å². The monoisotopic (exact) mass is 242 g/mol. The first-order chi connectivity index (χ1) is 7.68. The zero-order valence-electron chi connectivity index (χ0n) is 8.29. The fourth-order valence-electron chi connectivity index (χ4n) is 1.61. The third kappa shape index (κ3) is 2.11. The van der Waals surface area contributed by atoms with Gasteiger partial charge in [0.05, 0.1) is 6.42 Å². The molecule has 1 atom stereocenters. The summed E-state index contributed by atoms with van der Waals surface area (Å²) in [5.41, 5.74) is 0. The van der Waals surface area contributed by atoms with Crippen molar-refractivity contribution in [2.75, 3.05) is 18.0 Å². The number of amides is 1. The summed E-state index contributed by atoms with van der Waals surface area (Å²) >= 11 is 1.15. The topological polar surface area (TPSA) is 95.4 Å². The summed E-state index contributed by atoms with van der Waals surface area (Å²) in [6.07, 6.45) is 1.16. The molecule has 1 amide bonds. The molecular weight excluding hydrogens is 232 g/mol. The van der Waals surface area contributed by atoms with Crippen molar-refractivity contribution >= 4 is 28.5 Å². The lowest BCUT2D eigenvalue weighted by molar-refractivity contribution is -0.139. The van der Waals surface area contributed by atoms with Gasteiger partial charge in [-0.25, -0.2) is 4.98 Å². The molecule has 86 valence electrons. The molecule has 2 heterocycles. The SMILES string of the molecule is O=C(O)CC1C(=O)NCCN1c1ncns1. The Hall–Kier alpha value is -1.70. The second-order valence-corrected chi connectivity index (χ2v) is 4.08. The molecule has 0 saturated carbocycles. The summed E-state index contributed by atoms with van der Waals surface area (Å²) < 4.78 is 3.85. The number of anilines is 1. The third-order valence-electron chi connectivity index (χ3n) is 2.29. The molecule has 7 nitrogen and oxygen atoms in total. The quantitative estimate of drug-likeness (QED) is 0.729. The number of nitrogens with one attached hydrogen (secondary N) is 1. The minimum atomic E-state index is -1.00. The third-order valence-corrected chi connectivity index (χ3v) is 3.00. The van der Waals surface area contributed by atoms with E-state index in [1.54, 1.807) is 4.90 Å². The van der Waals surface area contributed by atoms with Crippen LogP contribution in [0.15, 0.2) is 6.33 Å². The van der Waals surface area contributed by atoms with E-state index in [2.05, 4.69) is 14.7 Å². The zero-order valence-corrected chi connectivity index (χ0v) is 9.11. The van der Waals surface area contributed by atoms with Gasteiger partial charge in [-0.2, -0.15) is 4.37 Å². The maximum Gasteiger partial charge on any atom is 0.305 e. The first-order valence-electron chi connectivity index (χ1n) is 4.71. The van der Waals surface area contributed by atoms with E-state index in [0.29, 0.717) is 18.2 Å². The predicted octanol–water partition coefficient (Wildman–Crippen LogP) is -0.682. The molecule has 2 N–H and O–H groups in total. The zero-order chi connectivity index (χ0) is 11.5. The van der Waals surface area contributed by atoms with Gasteiger partial charge < -0.3 is 15.3 Å². The highest BCUT2D eigenvalue weighted by molar-refractivity contribution is 7.09. The van der Waals surface area contributed by atoms with Crippen molar-refractivity contribution in [2.45, 2.75) is 12.5 Å². The molecule has 1 aliphatic heterocycles. The van der Waals surface area contributed by atoms with E-state index in [4.69, 9.17) is 5.11 Å². The van der Waals surface area contributed by atoms with Crippen LogP contribution in [0.5, 0.6) is 0 Å². The standard InChI is InChI=1S/C8H10N4O3S/c13-6(14)3-5-7(15)9-1-2-12(5)8-10-4-11-16-8/h4-5H,1-3H2,(H,9,15)(H,13,14). The van der Waals surface area contributed by atoms with E-state index >= 15 is 0 Å². The van der Waals surface area contributed by atoms with Crippen LogP contribution in [0.3, 0.4) is 0 Å². The van der Waals surface area contributed by atoms with E-state index < -0.39 is 12.0 Å². The van der Waals surface area contributed by atoms with E-state index in [1.807, 2.05) is 0 Å². The van der Waals surface area contributed by atoms with Crippen LogP contribution in [0.2, 0.25) is 0 Å². The van der Waals surface area contributed by atoms with Crippen LogP contribution in [0, 0.1) is 0 Å². The minimum absolute atomic E-state index is 0.231. The summed E-state index contributed by atoms with van der Waals surface area (Å²) in [7, 11) is 0. The van der Waals surface area contributed by atoms with Gasteiger partial charge in [-0.1, -0.05) is 0 Å². The number of aliphatic carboxylic acids is 1. The number of carbonyl (C=O) groups is 2. The molecule has 16 heavy (non-hydrogen) atoms. The highest BCUT2D eigenvalue weighted by Crippen LogP contribution is 2.20. The molecule has 2 rings (SSSR count). The van der Waals surface area contributed by atoms with Gasteiger partial charge in [0.2, 0.25) is 11.0 Å². The smallest absolute Gasteiger partial charge is 0.305 e. The van der Waals surface area contributed by atoms with Gasteiger partial charge in [0.25, 0.3) is 0 Å². The Morgan fingerprint density at radius 3 is 3.19 bits per heavy atom. The Kier molecular flexibility index (Phi) is 3.00. The summed E-state index contributed by atoms with van der Waals surface area (Å²) in [5.74, 6) is -1.28. The minimum Gasteiger partial charge on any atom is -0.481 e. The number of carbonyl (C=O) groups excluding carboxylic acids is 1. The van der Waals surface area contributed by atoms with Crippen molar-refractivity contribution in [1.82, 2.24) is 14.7 Å². The second kappa shape index (κ2) is 4.44. The molecule has 1 aliphatic rings. The highest BCUT2D eigenvalue weighted by atomic mass is 32.1. The lowest BCUT2D eigenvalue weighted by atomic mass is 10.1. The average Bonchev–Trinajstić information content (AvgIpc) is 2.73. The van der Waals surface area contributed by atoms with Gasteiger partial charge in [-0.05, 0) is 0 Å². The highest BCUT2D eigenvalue weighted by Gasteiger charge is 2.33. The van der Waals surface area contributed by atoms with Crippen molar-refractivity contribution in [3.8, 4) is 0 Å². The molecule has 0 aromatic carbocycles. The fraction of sp³-hybridized carbons (Fsp3) is 0.500. The number of piperazine rings is 1. The van der Waals surface area contributed by atoms with Gasteiger partial charge in [-0.15, -0.1) is 0 Å². The molecule has 0 bridgehead atoms. The van der Waals surface area contributed by atoms with Crippen molar-refractivity contribution < 1.29 is 14.7 Å². The maximum atomic E-state index is 11.6. The number of carboxylic acids is 1. The van der Waals surface area contributed by atoms with E-state index in [0.717, 1.165) is 11.5 Å². The number of nitrogens with zero attached hydrogens (tertiary/aromatic N) is 3. The molecule has 1 aromatic heterocycles. The number of hydrogen-bond donors (Lipinski definition) is 2. The molecular formula is C8H10N4O3S. The number of carboxylic acid groups (broad SMARTS) is 1. The predicted molar refractivity (Wildman–Crippen MR) is 56.3 cm³/mol. The van der Waals surface area contributed by atoms with Gasteiger partial charge in [-0.3, -0.25) is 9.59 Å². The molecule has 1 aromatic rings. The fourth-order valence-corrected chi connectivity index (χ4v) is 2.21. The number of hydrogen-bond acceptors (Lipinski definition) is 6. The Morgan fingerprint density at radius 2 is 2.56 bits per heavy atom. The van der Waals surface area contributed by atoms with Gasteiger partial charge in [0.1, 0.15) is 12.4 Å². The van der Waals surface area contributed by atoms with Crippen LogP contribution in [-0.4, -0.2) is 45.5 Å². The molecule has 0 aliphatic carbocycles. The van der Waals surface area contributed by atoms with Crippen LogP contribution in [0.1, 0.15) is 6.42 Å². The van der Waals surface area contributed by atoms with Crippen molar-refractivity contribution in [1.29, 1.82) is 0 Å². The van der Waals surface area contributed by atoms with Crippen LogP contribution in [0.4, 0.5) is 5.13 Å². The lowest BCUT2D eigenvalue weighted by Crippen LogP contribution is -2.56. The van der Waals surface area contributed by atoms with Gasteiger partial charge >= 0.3 is 5.97 Å². The summed E-state index contributed by atoms with van der Waals surface area (Å²) in [4.78, 5) is 27.9. The Labute approximate surface area is 95.3 Å². The first kappa shape index (κ1) is 10.8. The van der Waals surface area contributed by atoms with Crippen LogP contribution >= 0.6 is 11.5 Å². The Bertz CT molecular complexity index is 394. The normalized spacial score (nSPS) is 20.6. The van der Waals surface area contributed by atoms with E-state index in [9.17, 15) is 9.59 Å². The van der Waals surface area contributed by atoms with Crippen LogP contribution in [-0.2, 0) is 9.59 Å². The van der Waals surface area contributed by atoms with Crippen LogP contribution < -0.4 is 10.2 Å². The first-order valence-corrected chi connectivity index (χ1v) is 5.48. The molecule has 1 saturated heterocycles. The molecule has 1 fully saturated rings. The van der Waals surface area contributed by atoms with E-state index in [-0.39, 0.29) is 12.3 Å². The summed E-state index contributed by atoms with van der Waals surface area (Å²) in [6, 6.07) is -0.695. The average molecular weight is 242 g/mol. The van der Waals surface area contributed by atoms with Gasteiger partial charge in [0.15, 0.2) is 0 Å². The second-order valence-electron chi connectivity index (χ2n) is 3.32. The van der Waals surface area contributed by atoms with Crippen molar-refractivity contribution in [3.63, 3.8) is 0 Å². The molecule has 1 unspecified atom stereocenters. The van der Waals surface area contributed by atoms with E-state index in [1.165, 1.54) is 6.33 Å². The molecule has 8 heteroatoms.